The van der Waals surface area contributed by atoms with Crippen LogP contribution in [-0.2, 0) is 23.9 Å². The molecule has 0 radical (unpaired) electrons. The Morgan fingerprint density at radius 1 is 0.688 bits per heavy atom. The number of hydrogen-bond acceptors (Lipinski definition) is 14. The predicted molar refractivity (Wildman–Crippen MR) is 245 cm³/mol. The number of aliphatic hydroxyl groups excluding tert-OH is 1. The van der Waals surface area contributed by atoms with Crippen molar-refractivity contribution >= 4 is 56.7 Å². The monoisotopic (exact) mass is 889 g/mol. The van der Waals surface area contributed by atoms with E-state index < -0.39 is 30.1 Å². The third-order valence-corrected chi connectivity index (χ3v) is 10.3. The van der Waals surface area contributed by atoms with E-state index in [2.05, 4.69) is 29.8 Å². The maximum absolute atomic E-state index is 13.3. The molecule has 1 atom stereocenters. The SMILES string of the molecule is C=CC(=O)OCCCCCCOc1ccc(C(=O)Oc2ccc(OC(O)c3ccc(OCCCCCCOC(=O)C=C)cc3)c(/C=N/N(C(=O)C=C)c3nc4ccccc4s3)c2)cc1. The van der Waals surface area contributed by atoms with Crippen LogP contribution in [-0.4, -0.2) is 66.5 Å². The molecule has 1 aromatic heterocycles. The number of aromatic nitrogens is 1. The minimum absolute atomic E-state index is 0.145. The topological polar surface area (TPSA) is 172 Å². The lowest BCUT2D eigenvalue weighted by atomic mass is 10.1. The molecule has 64 heavy (non-hydrogen) atoms. The van der Waals surface area contributed by atoms with Gasteiger partial charge in [0.1, 0.15) is 23.0 Å². The summed E-state index contributed by atoms with van der Waals surface area (Å²) in [5.41, 5.74) is 1.68. The first-order valence-corrected chi connectivity index (χ1v) is 21.6. The van der Waals surface area contributed by atoms with Crippen molar-refractivity contribution in [3.8, 4) is 23.0 Å². The van der Waals surface area contributed by atoms with Crippen LogP contribution in [0.5, 0.6) is 23.0 Å². The van der Waals surface area contributed by atoms with Crippen LogP contribution in [0.1, 0.15) is 79.1 Å². The summed E-state index contributed by atoms with van der Waals surface area (Å²) < 4.78 is 34.3. The van der Waals surface area contributed by atoms with Gasteiger partial charge in [-0.2, -0.15) is 10.1 Å². The Morgan fingerprint density at radius 3 is 1.83 bits per heavy atom. The van der Waals surface area contributed by atoms with Gasteiger partial charge in [-0.15, -0.1) is 0 Å². The van der Waals surface area contributed by atoms with Crippen molar-refractivity contribution in [2.24, 2.45) is 5.10 Å². The van der Waals surface area contributed by atoms with Gasteiger partial charge in [-0.3, -0.25) is 4.79 Å². The first-order valence-electron chi connectivity index (χ1n) is 20.8. The quantitative estimate of drug-likeness (QED) is 0.0101. The van der Waals surface area contributed by atoms with Crippen LogP contribution in [0, 0.1) is 0 Å². The molecule has 0 saturated carbocycles. The maximum atomic E-state index is 13.3. The smallest absolute Gasteiger partial charge is 0.343 e. The number of carbonyl (C=O) groups excluding carboxylic acids is 4. The van der Waals surface area contributed by atoms with Gasteiger partial charge in [0.2, 0.25) is 11.4 Å². The van der Waals surface area contributed by atoms with Crippen LogP contribution in [0.15, 0.2) is 134 Å². The molecule has 0 aliphatic heterocycles. The van der Waals surface area contributed by atoms with Gasteiger partial charge in [0.05, 0.1) is 48.4 Å². The predicted octanol–water partition coefficient (Wildman–Crippen LogP) is 9.48. The zero-order valence-electron chi connectivity index (χ0n) is 35.4. The van der Waals surface area contributed by atoms with Crippen LogP contribution < -0.4 is 24.0 Å². The molecule has 0 aliphatic carbocycles. The molecule has 0 aliphatic rings. The second-order valence-electron chi connectivity index (χ2n) is 14.0. The Balaban J connectivity index is 1.23. The van der Waals surface area contributed by atoms with Gasteiger partial charge in [-0.1, -0.05) is 43.2 Å². The first kappa shape index (κ1) is 47.9. The van der Waals surface area contributed by atoms with Gasteiger partial charge >= 0.3 is 17.9 Å². The van der Waals surface area contributed by atoms with E-state index in [1.807, 2.05) is 24.3 Å². The van der Waals surface area contributed by atoms with E-state index in [-0.39, 0.29) is 22.6 Å². The number of unbranched alkanes of at least 4 members (excludes halogenated alkanes) is 6. The Bertz CT molecular complexity index is 2340. The Kier molecular flexibility index (Phi) is 19.3. The Morgan fingerprint density at radius 2 is 1.25 bits per heavy atom. The van der Waals surface area contributed by atoms with Crippen LogP contribution in [0.2, 0.25) is 0 Å². The van der Waals surface area contributed by atoms with Gasteiger partial charge in [-0.05, 0) is 136 Å². The third kappa shape index (κ3) is 15.4. The lowest BCUT2D eigenvalue weighted by Gasteiger charge is -2.17. The fourth-order valence-corrected chi connectivity index (χ4v) is 6.81. The van der Waals surface area contributed by atoms with Crippen molar-refractivity contribution < 1.29 is 52.7 Å². The largest absolute Gasteiger partial charge is 0.494 e. The highest BCUT2D eigenvalue weighted by atomic mass is 32.1. The number of esters is 3. The fraction of sp³-hybridized carbons (Fsp3) is 0.265. The average Bonchev–Trinajstić information content (AvgIpc) is 3.75. The lowest BCUT2D eigenvalue weighted by Crippen LogP contribution is -2.23. The van der Waals surface area contributed by atoms with Crippen molar-refractivity contribution in [1.29, 1.82) is 0 Å². The van der Waals surface area contributed by atoms with Crippen molar-refractivity contribution in [3.05, 3.63) is 146 Å². The van der Waals surface area contributed by atoms with Crippen molar-refractivity contribution in [2.75, 3.05) is 31.4 Å². The summed E-state index contributed by atoms with van der Waals surface area (Å²) in [5.74, 6) is -0.489. The molecule has 0 saturated heterocycles. The summed E-state index contributed by atoms with van der Waals surface area (Å²) >= 11 is 1.27. The van der Waals surface area contributed by atoms with Gasteiger partial charge in [0, 0.05) is 23.3 Å². The molecule has 5 aromatic rings. The van der Waals surface area contributed by atoms with Gasteiger partial charge in [0.25, 0.3) is 5.91 Å². The molecule has 0 spiro atoms. The number of aliphatic hydroxyl groups is 1. The van der Waals surface area contributed by atoms with Crippen molar-refractivity contribution in [1.82, 2.24) is 4.98 Å². The number of para-hydroxylation sites is 1. The second kappa shape index (κ2) is 25.7. The van der Waals surface area contributed by atoms with E-state index in [9.17, 15) is 24.3 Å². The number of hydrazone groups is 1. The Labute approximate surface area is 376 Å². The zero-order valence-corrected chi connectivity index (χ0v) is 36.2. The van der Waals surface area contributed by atoms with Crippen LogP contribution in [0.4, 0.5) is 5.13 Å². The fourth-order valence-electron chi connectivity index (χ4n) is 5.88. The molecular weight excluding hydrogens is 839 g/mol. The number of ether oxygens (including phenoxy) is 6. The molecule has 15 heteroatoms. The molecule has 1 heterocycles. The van der Waals surface area contributed by atoms with Crippen LogP contribution >= 0.6 is 11.3 Å². The van der Waals surface area contributed by atoms with Crippen LogP contribution in [0.3, 0.4) is 0 Å². The number of anilines is 1. The number of amides is 1. The number of hydrogen-bond donors (Lipinski definition) is 1. The summed E-state index contributed by atoms with van der Waals surface area (Å²) in [7, 11) is 0. The molecule has 0 fully saturated rings. The summed E-state index contributed by atoms with van der Waals surface area (Å²) in [5, 5.41) is 17.1. The molecule has 0 bridgehead atoms. The highest BCUT2D eigenvalue weighted by molar-refractivity contribution is 7.22. The molecule has 5 rings (SSSR count). The summed E-state index contributed by atoms with van der Waals surface area (Å²) in [6.07, 6.45) is 10.1. The number of thiazole rings is 1. The molecule has 1 unspecified atom stereocenters. The summed E-state index contributed by atoms with van der Waals surface area (Å²) in [4.78, 5) is 53.2. The summed E-state index contributed by atoms with van der Waals surface area (Å²) in [6, 6.07) is 25.4. The van der Waals surface area contributed by atoms with Crippen LogP contribution in [0.25, 0.3) is 10.2 Å². The van der Waals surface area contributed by atoms with Gasteiger partial charge in [-0.25, -0.2) is 19.4 Å². The number of carbonyl (C=O) groups is 4. The molecule has 1 amide bonds. The van der Waals surface area contributed by atoms with E-state index in [1.54, 1.807) is 48.5 Å². The molecule has 4 aromatic carbocycles. The average molecular weight is 890 g/mol. The van der Waals surface area contributed by atoms with Gasteiger partial charge in [0.15, 0.2) is 0 Å². The summed E-state index contributed by atoms with van der Waals surface area (Å²) in [6.45, 7) is 12.1. The Hall–Kier alpha value is -7.10. The van der Waals surface area contributed by atoms with E-state index in [0.29, 0.717) is 54.1 Å². The first-order chi connectivity index (χ1) is 31.2. The molecule has 334 valence electrons. The minimum atomic E-state index is -1.42. The number of benzene rings is 4. The third-order valence-electron chi connectivity index (χ3n) is 9.28. The van der Waals surface area contributed by atoms with Crippen molar-refractivity contribution in [3.63, 3.8) is 0 Å². The molecule has 14 nitrogen and oxygen atoms in total. The molecule has 1 N–H and O–H groups in total. The number of nitrogens with zero attached hydrogens (tertiary/aromatic N) is 3. The second-order valence-corrected chi connectivity index (χ2v) is 15.0. The van der Waals surface area contributed by atoms with E-state index >= 15 is 0 Å². The maximum Gasteiger partial charge on any atom is 0.343 e. The number of rotatable bonds is 27. The van der Waals surface area contributed by atoms with E-state index in [1.165, 1.54) is 35.8 Å². The van der Waals surface area contributed by atoms with Crippen molar-refractivity contribution in [2.45, 2.75) is 57.7 Å². The highest BCUT2D eigenvalue weighted by Crippen LogP contribution is 2.31. The number of fused-ring (bicyclic) bond motifs is 1. The van der Waals surface area contributed by atoms with E-state index in [0.717, 1.165) is 79.3 Å². The standard InChI is InChI=1S/C49H51N3O11S/c1-4-44(53)52(49-51-41-17-11-12-18-43(41)64-49)50-34-37-33-40(62-47(56)35-19-23-38(24-20-35)58-29-13-7-9-15-31-60-45(54)5-2)27-28-42(37)63-48(57)36-21-25-39(26-22-36)59-30-14-8-10-16-32-61-46(55)6-3/h4-6,11-12,17-28,33-34,48,57H,1-3,7-10,13-16,29-32H2/b50-34+. The van der Waals surface area contributed by atoms with Gasteiger partial charge < -0.3 is 33.5 Å². The zero-order chi connectivity index (χ0) is 45.5. The lowest BCUT2D eigenvalue weighted by molar-refractivity contribution is -0.138. The molecular formula is C49H51N3O11S. The highest BCUT2D eigenvalue weighted by Gasteiger charge is 2.19. The minimum Gasteiger partial charge on any atom is -0.494 e. The normalized spacial score (nSPS) is 11.3. The van der Waals surface area contributed by atoms with E-state index in [4.69, 9.17) is 28.4 Å².